The molecule has 27 heavy (non-hydrogen) atoms. The molecule has 144 valence electrons. The van der Waals surface area contributed by atoms with E-state index in [1.54, 1.807) is 30.3 Å². The highest BCUT2D eigenvalue weighted by molar-refractivity contribution is 7.99. The average Bonchev–Trinajstić information content (AvgIpc) is 2.68. The van der Waals surface area contributed by atoms with Crippen molar-refractivity contribution < 1.29 is 19.1 Å². The van der Waals surface area contributed by atoms with Crippen LogP contribution >= 0.6 is 23.4 Å². The largest absolute Gasteiger partial charge is 0.493 e. The molecule has 0 aromatic heterocycles. The molecule has 0 saturated heterocycles. The van der Waals surface area contributed by atoms with E-state index in [-0.39, 0.29) is 12.3 Å². The quantitative estimate of drug-likeness (QED) is 0.514. The Morgan fingerprint density at radius 2 is 1.81 bits per heavy atom. The second-order valence-electron chi connectivity index (χ2n) is 5.35. The number of thioether (sulfide) groups is 1. The zero-order chi connectivity index (χ0) is 19.6. The van der Waals surface area contributed by atoms with Crippen LogP contribution in [0.1, 0.15) is 23.7 Å². The van der Waals surface area contributed by atoms with E-state index in [0.29, 0.717) is 34.4 Å². The van der Waals surface area contributed by atoms with Gasteiger partial charge in [0.25, 0.3) is 5.91 Å². The third kappa shape index (κ3) is 6.69. The van der Waals surface area contributed by atoms with Crippen molar-refractivity contribution in [2.75, 3.05) is 19.5 Å². The molecule has 8 heteroatoms. The fourth-order valence-corrected chi connectivity index (χ4v) is 3.11. The molecule has 0 heterocycles. The molecule has 0 aliphatic carbocycles. The fourth-order valence-electron chi connectivity index (χ4n) is 2.14. The molecule has 2 aromatic carbocycles. The van der Waals surface area contributed by atoms with Crippen LogP contribution in [0.3, 0.4) is 0 Å². The lowest BCUT2D eigenvalue weighted by atomic mass is 10.2. The maximum absolute atomic E-state index is 12.2. The minimum absolute atomic E-state index is 0.264. The third-order valence-electron chi connectivity index (χ3n) is 3.45. The molecule has 0 atom stereocenters. The van der Waals surface area contributed by atoms with E-state index in [4.69, 9.17) is 21.1 Å². The Labute approximate surface area is 167 Å². The number of carbonyl (C=O) groups is 2. The molecular formula is C19H21ClN2O4S. The lowest BCUT2D eigenvalue weighted by Gasteiger charge is -2.11. The Morgan fingerprint density at radius 3 is 2.48 bits per heavy atom. The molecule has 0 saturated carbocycles. The van der Waals surface area contributed by atoms with Crippen molar-refractivity contribution in [1.29, 1.82) is 0 Å². The Hall–Kier alpha value is -2.38. The summed E-state index contributed by atoms with van der Waals surface area (Å²) < 4.78 is 10.6. The predicted octanol–water partition coefficient (Wildman–Crippen LogP) is 3.69. The molecule has 0 spiro atoms. The summed E-state index contributed by atoms with van der Waals surface area (Å²) in [6.07, 6.45) is 0.264. The first-order chi connectivity index (χ1) is 13.0. The highest BCUT2D eigenvalue weighted by atomic mass is 35.5. The van der Waals surface area contributed by atoms with Gasteiger partial charge in [-0.15, -0.1) is 11.8 Å². The van der Waals surface area contributed by atoms with Crippen molar-refractivity contribution in [3.63, 3.8) is 0 Å². The average molecular weight is 409 g/mol. The first kappa shape index (κ1) is 20.9. The molecule has 2 N–H and O–H groups in total. The number of hydrogen-bond acceptors (Lipinski definition) is 5. The Kier molecular flexibility index (Phi) is 8.29. The standard InChI is InChI=1S/C19H21ClN2O4S/c1-3-26-16-9-4-13(12-17(16)25-2)19(24)22-21-18(23)10-11-27-15-7-5-14(20)6-8-15/h4-9,12H,3,10-11H2,1-2H3,(H,21,23)(H,22,24). The van der Waals surface area contributed by atoms with E-state index in [2.05, 4.69) is 10.9 Å². The number of benzene rings is 2. The Bertz CT molecular complexity index is 784. The van der Waals surface area contributed by atoms with E-state index in [1.165, 1.54) is 18.9 Å². The number of hydrogen-bond donors (Lipinski definition) is 2. The molecule has 0 aliphatic rings. The zero-order valence-corrected chi connectivity index (χ0v) is 16.7. The van der Waals surface area contributed by atoms with Crippen LogP contribution in [0.25, 0.3) is 0 Å². The number of hydrazine groups is 1. The summed E-state index contributed by atoms with van der Waals surface area (Å²) in [6, 6.07) is 12.2. The van der Waals surface area contributed by atoms with Gasteiger partial charge in [-0.1, -0.05) is 11.6 Å². The number of halogens is 1. The molecule has 0 radical (unpaired) electrons. The van der Waals surface area contributed by atoms with E-state index in [9.17, 15) is 9.59 Å². The van der Waals surface area contributed by atoms with E-state index in [1.807, 2.05) is 19.1 Å². The van der Waals surface area contributed by atoms with Crippen LogP contribution in [0.2, 0.25) is 5.02 Å². The molecular weight excluding hydrogens is 388 g/mol. The van der Waals surface area contributed by atoms with Crippen LogP contribution in [0.5, 0.6) is 11.5 Å². The maximum Gasteiger partial charge on any atom is 0.269 e. The monoisotopic (exact) mass is 408 g/mol. The Morgan fingerprint density at radius 1 is 1.07 bits per heavy atom. The highest BCUT2D eigenvalue weighted by Crippen LogP contribution is 2.28. The number of carbonyl (C=O) groups excluding carboxylic acids is 2. The SMILES string of the molecule is CCOc1ccc(C(=O)NNC(=O)CCSc2ccc(Cl)cc2)cc1OC. The van der Waals surface area contributed by atoms with Gasteiger partial charge in [-0.2, -0.15) is 0 Å². The van der Waals surface area contributed by atoms with Crippen molar-refractivity contribution in [3.8, 4) is 11.5 Å². The second-order valence-corrected chi connectivity index (χ2v) is 6.96. The van der Waals surface area contributed by atoms with Gasteiger partial charge in [-0.05, 0) is 49.4 Å². The van der Waals surface area contributed by atoms with Crippen molar-refractivity contribution in [3.05, 3.63) is 53.1 Å². The van der Waals surface area contributed by atoms with Crippen LogP contribution < -0.4 is 20.3 Å². The highest BCUT2D eigenvalue weighted by Gasteiger charge is 2.12. The number of nitrogens with one attached hydrogen (secondary N) is 2. The van der Waals surface area contributed by atoms with Crippen molar-refractivity contribution in [2.24, 2.45) is 0 Å². The third-order valence-corrected chi connectivity index (χ3v) is 4.72. The second kappa shape index (κ2) is 10.7. The van der Waals surface area contributed by atoms with Gasteiger partial charge in [0.1, 0.15) is 0 Å². The zero-order valence-electron chi connectivity index (χ0n) is 15.1. The molecule has 0 bridgehead atoms. The van der Waals surface area contributed by atoms with Gasteiger partial charge >= 0.3 is 0 Å². The molecule has 6 nitrogen and oxygen atoms in total. The van der Waals surface area contributed by atoms with Crippen molar-refractivity contribution in [1.82, 2.24) is 10.9 Å². The fraction of sp³-hybridized carbons (Fsp3) is 0.263. The number of ether oxygens (including phenoxy) is 2. The van der Waals surface area contributed by atoms with Crippen molar-refractivity contribution >= 4 is 35.2 Å². The Balaban J connectivity index is 1.78. The smallest absolute Gasteiger partial charge is 0.269 e. The van der Waals surface area contributed by atoms with Gasteiger partial charge in [-0.3, -0.25) is 20.4 Å². The summed E-state index contributed by atoms with van der Waals surface area (Å²) in [5.74, 6) is 0.882. The minimum Gasteiger partial charge on any atom is -0.493 e. The van der Waals surface area contributed by atoms with Gasteiger partial charge in [-0.25, -0.2) is 0 Å². The molecule has 0 fully saturated rings. The summed E-state index contributed by atoms with van der Waals surface area (Å²) in [4.78, 5) is 25.1. The molecule has 0 unspecified atom stereocenters. The van der Waals surface area contributed by atoms with Crippen LogP contribution in [-0.2, 0) is 4.79 Å². The van der Waals surface area contributed by atoms with Crippen LogP contribution in [0.15, 0.2) is 47.4 Å². The normalized spacial score (nSPS) is 10.2. The first-order valence-electron chi connectivity index (χ1n) is 8.32. The van der Waals surface area contributed by atoms with Gasteiger partial charge in [0, 0.05) is 27.7 Å². The van der Waals surface area contributed by atoms with E-state index in [0.717, 1.165) is 4.90 Å². The van der Waals surface area contributed by atoms with Gasteiger partial charge in [0.15, 0.2) is 11.5 Å². The first-order valence-corrected chi connectivity index (χ1v) is 9.68. The van der Waals surface area contributed by atoms with Crippen LogP contribution in [0, 0.1) is 0 Å². The van der Waals surface area contributed by atoms with E-state index >= 15 is 0 Å². The molecule has 2 rings (SSSR count). The van der Waals surface area contributed by atoms with Crippen LogP contribution in [-0.4, -0.2) is 31.3 Å². The maximum atomic E-state index is 12.2. The predicted molar refractivity (Wildman–Crippen MR) is 107 cm³/mol. The number of rotatable bonds is 8. The number of methoxy groups -OCH3 is 1. The van der Waals surface area contributed by atoms with Gasteiger partial charge in [0.05, 0.1) is 13.7 Å². The summed E-state index contributed by atoms with van der Waals surface area (Å²) in [5.41, 5.74) is 5.16. The summed E-state index contributed by atoms with van der Waals surface area (Å²) in [7, 11) is 1.50. The van der Waals surface area contributed by atoms with Crippen LogP contribution in [0.4, 0.5) is 0 Å². The summed E-state index contributed by atoms with van der Waals surface area (Å²) in [5, 5.41) is 0.672. The number of amides is 2. The van der Waals surface area contributed by atoms with Crippen molar-refractivity contribution in [2.45, 2.75) is 18.2 Å². The lowest BCUT2D eigenvalue weighted by molar-refractivity contribution is -0.121. The summed E-state index contributed by atoms with van der Waals surface area (Å²) >= 11 is 7.37. The van der Waals surface area contributed by atoms with Gasteiger partial charge < -0.3 is 9.47 Å². The lowest BCUT2D eigenvalue weighted by Crippen LogP contribution is -2.41. The minimum atomic E-state index is -0.435. The van der Waals surface area contributed by atoms with Gasteiger partial charge in [0.2, 0.25) is 5.91 Å². The molecule has 2 amide bonds. The molecule has 0 aliphatic heterocycles. The summed E-state index contributed by atoms with van der Waals surface area (Å²) in [6.45, 7) is 2.35. The topological polar surface area (TPSA) is 76.7 Å². The molecule has 2 aromatic rings. The van der Waals surface area contributed by atoms with E-state index < -0.39 is 5.91 Å².